The van der Waals surface area contributed by atoms with Crippen LogP contribution in [-0.2, 0) is 9.59 Å². The Labute approximate surface area is 207 Å². The number of ether oxygens (including phenoxy) is 2. The molecule has 1 saturated heterocycles. The summed E-state index contributed by atoms with van der Waals surface area (Å²) < 4.78 is 11.3. The lowest BCUT2D eigenvalue weighted by Crippen LogP contribution is -2.29. The number of ketones is 1. The van der Waals surface area contributed by atoms with Crippen molar-refractivity contribution in [2.24, 2.45) is 0 Å². The number of phenols is 1. The molecule has 2 N–H and O–H groups in total. The number of hydrogen-bond donors (Lipinski definition) is 2. The molecule has 4 rings (SSSR count). The lowest BCUT2D eigenvalue weighted by molar-refractivity contribution is -0.132. The summed E-state index contributed by atoms with van der Waals surface area (Å²) >= 11 is 6.17. The molecule has 0 bridgehead atoms. The minimum absolute atomic E-state index is 0.0265. The summed E-state index contributed by atoms with van der Waals surface area (Å²) in [6, 6.07) is 16.6. The average molecular weight is 494 g/mol. The van der Waals surface area contributed by atoms with Gasteiger partial charge in [-0.2, -0.15) is 0 Å². The van der Waals surface area contributed by atoms with Gasteiger partial charge in [0, 0.05) is 16.8 Å². The van der Waals surface area contributed by atoms with Crippen LogP contribution in [0.15, 0.2) is 72.3 Å². The Morgan fingerprint density at radius 2 is 1.69 bits per heavy atom. The first kappa shape index (κ1) is 24.2. The van der Waals surface area contributed by atoms with E-state index in [1.165, 1.54) is 17.0 Å². The predicted octanol–water partition coefficient (Wildman–Crippen LogP) is 5.47. The van der Waals surface area contributed by atoms with Crippen LogP contribution in [0.2, 0.25) is 5.02 Å². The van der Waals surface area contributed by atoms with E-state index in [-0.39, 0.29) is 22.6 Å². The van der Waals surface area contributed by atoms with Crippen molar-refractivity contribution in [1.82, 2.24) is 0 Å². The van der Waals surface area contributed by atoms with Crippen molar-refractivity contribution in [3.05, 3.63) is 88.5 Å². The first-order chi connectivity index (χ1) is 16.8. The molecule has 3 aromatic rings. The highest BCUT2D eigenvalue weighted by molar-refractivity contribution is 6.51. The minimum atomic E-state index is -0.963. The smallest absolute Gasteiger partial charge is 0.300 e. The zero-order valence-corrected chi connectivity index (χ0v) is 20.0. The van der Waals surface area contributed by atoms with Crippen molar-refractivity contribution in [3.8, 4) is 17.2 Å². The number of carbonyl (C=O) groups is 2. The van der Waals surface area contributed by atoms with Gasteiger partial charge < -0.3 is 19.7 Å². The van der Waals surface area contributed by atoms with E-state index < -0.39 is 17.7 Å². The molecule has 1 heterocycles. The summed E-state index contributed by atoms with van der Waals surface area (Å²) in [5, 5.41) is 21.6. The maximum atomic E-state index is 13.3. The number of nitrogens with zero attached hydrogens (tertiary/aromatic N) is 1. The molecule has 3 aromatic carbocycles. The number of amides is 1. The SMILES string of the molecule is CCOc1ccc(/C(O)=C2/C(=O)C(=O)N(c3cccc(Cl)c3)C2c2ccc(O)cc2)c(OCC)c1. The van der Waals surface area contributed by atoms with Gasteiger partial charge in [0.2, 0.25) is 0 Å². The lowest BCUT2D eigenvalue weighted by Gasteiger charge is -2.25. The van der Waals surface area contributed by atoms with Gasteiger partial charge >= 0.3 is 0 Å². The van der Waals surface area contributed by atoms with Crippen LogP contribution in [0.1, 0.15) is 31.0 Å². The molecular weight excluding hydrogens is 470 g/mol. The number of Topliss-reactive ketones (excluding diaryl/α,β-unsaturated/α-hetero) is 1. The second kappa shape index (κ2) is 10.1. The summed E-state index contributed by atoms with van der Waals surface area (Å²) in [6.07, 6.45) is 0. The molecule has 0 saturated carbocycles. The van der Waals surface area contributed by atoms with Crippen LogP contribution in [0.4, 0.5) is 5.69 Å². The zero-order chi connectivity index (χ0) is 25.1. The lowest BCUT2D eigenvalue weighted by atomic mass is 9.94. The van der Waals surface area contributed by atoms with Crippen LogP contribution in [0.25, 0.3) is 5.76 Å². The van der Waals surface area contributed by atoms with Crippen LogP contribution in [0.5, 0.6) is 17.2 Å². The molecule has 0 aromatic heterocycles. The molecule has 180 valence electrons. The highest BCUT2D eigenvalue weighted by atomic mass is 35.5. The van der Waals surface area contributed by atoms with E-state index in [0.29, 0.717) is 41.0 Å². The van der Waals surface area contributed by atoms with Crippen molar-refractivity contribution >= 4 is 34.7 Å². The van der Waals surface area contributed by atoms with Crippen molar-refractivity contribution in [2.45, 2.75) is 19.9 Å². The molecule has 35 heavy (non-hydrogen) atoms. The fraction of sp³-hybridized carbons (Fsp3) is 0.185. The van der Waals surface area contributed by atoms with Gasteiger partial charge in [-0.1, -0.05) is 29.8 Å². The maximum absolute atomic E-state index is 13.3. The van der Waals surface area contributed by atoms with Gasteiger partial charge in [-0.15, -0.1) is 0 Å². The summed E-state index contributed by atoms with van der Waals surface area (Å²) in [4.78, 5) is 27.9. The van der Waals surface area contributed by atoms with Gasteiger partial charge in [0.15, 0.2) is 0 Å². The average Bonchev–Trinajstić information content (AvgIpc) is 3.10. The predicted molar refractivity (Wildman–Crippen MR) is 133 cm³/mol. The van der Waals surface area contributed by atoms with Crippen molar-refractivity contribution in [2.75, 3.05) is 18.1 Å². The van der Waals surface area contributed by atoms with Gasteiger partial charge in [-0.25, -0.2) is 0 Å². The summed E-state index contributed by atoms with van der Waals surface area (Å²) in [6.45, 7) is 4.41. The Morgan fingerprint density at radius 1 is 0.971 bits per heavy atom. The monoisotopic (exact) mass is 493 g/mol. The number of aromatic hydroxyl groups is 1. The molecule has 1 atom stereocenters. The number of aliphatic hydroxyl groups is 1. The minimum Gasteiger partial charge on any atom is -0.508 e. The Balaban J connectivity index is 1.94. The van der Waals surface area contributed by atoms with E-state index in [1.54, 1.807) is 61.5 Å². The summed E-state index contributed by atoms with van der Waals surface area (Å²) in [5.74, 6) is -1.15. The number of rotatable bonds is 7. The second-order valence-electron chi connectivity index (χ2n) is 7.76. The van der Waals surface area contributed by atoms with E-state index in [4.69, 9.17) is 21.1 Å². The van der Waals surface area contributed by atoms with Gasteiger partial charge in [0.05, 0.1) is 30.4 Å². The van der Waals surface area contributed by atoms with Crippen LogP contribution in [-0.4, -0.2) is 35.1 Å². The Bertz CT molecular complexity index is 1300. The van der Waals surface area contributed by atoms with Crippen molar-refractivity contribution in [1.29, 1.82) is 0 Å². The molecule has 1 aliphatic heterocycles. The standard InChI is InChI=1S/C27H24ClNO6/c1-3-34-20-12-13-21(22(15-20)35-4-2)25(31)23-24(16-8-10-19(30)11-9-16)29(27(33)26(23)32)18-7-5-6-17(28)14-18/h5-15,24,30-31H,3-4H2,1-2H3/b25-23-. The third-order valence-corrected chi connectivity index (χ3v) is 5.79. The highest BCUT2D eigenvalue weighted by Gasteiger charge is 2.47. The van der Waals surface area contributed by atoms with Crippen molar-refractivity contribution in [3.63, 3.8) is 0 Å². The van der Waals surface area contributed by atoms with Crippen molar-refractivity contribution < 1.29 is 29.3 Å². The molecule has 1 amide bonds. The summed E-state index contributed by atoms with van der Waals surface area (Å²) in [5.41, 5.74) is 1.06. The van der Waals surface area contributed by atoms with Gasteiger partial charge in [-0.3, -0.25) is 14.5 Å². The Hall–Kier alpha value is -3.97. The number of halogens is 1. The molecular formula is C27H24ClNO6. The van der Waals surface area contributed by atoms with E-state index in [0.717, 1.165) is 0 Å². The maximum Gasteiger partial charge on any atom is 0.300 e. The van der Waals surface area contributed by atoms with Crippen LogP contribution in [0, 0.1) is 0 Å². The largest absolute Gasteiger partial charge is 0.508 e. The van der Waals surface area contributed by atoms with Crippen LogP contribution in [0.3, 0.4) is 0 Å². The highest BCUT2D eigenvalue weighted by Crippen LogP contribution is 2.44. The first-order valence-corrected chi connectivity index (χ1v) is 11.5. The van der Waals surface area contributed by atoms with Gasteiger partial charge in [-0.05, 0) is 61.9 Å². The summed E-state index contributed by atoms with van der Waals surface area (Å²) in [7, 11) is 0. The molecule has 0 spiro atoms. The van der Waals surface area contributed by atoms with E-state index in [9.17, 15) is 19.8 Å². The molecule has 1 fully saturated rings. The molecule has 1 aliphatic rings. The first-order valence-electron chi connectivity index (χ1n) is 11.1. The number of anilines is 1. The molecule has 7 nitrogen and oxygen atoms in total. The molecule has 0 aliphatic carbocycles. The number of aliphatic hydroxyl groups excluding tert-OH is 1. The molecule has 0 radical (unpaired) electrons. The number of benzene rings is 3. The Kier molecular flexibility index (Phi) is 6.98. The third-order valence-electron chi connectivity index (χ3n) is 5.56. The number of hydrogen-bond acceptors (Lipinski definition) is 6. The van der Waals surface area contributed by atoms with Crippen LogP contribution < -0.4 is 14.4 Å². The normalized spacial score (nSPS) is 17.0. The molecule has 1 unspecified atom stereocenters. The van der Waals surface area contributed by atoms with E-state index >= 15 is 0 Å². The van der Waals surface area contributed by atoms with E-state index in [2.05, 4.69) is 0 Å². The fourth-order valence-corrected chi connectivity index (χ4v) is 4.26. The second-order valence-corrected chi connectivity index (χ2v) is 8.20. The van der Waals surface area contributed by atoms with Crippen LogP contribution >= 0.6 is 11.6 Å². The number of carbonyl (C=O) groups excluding carboxylic acids is 2. The Morgan fingerprint density at radius 3 is 2.34 bits per heavy atom. The quantitative estimate of drug-likeness (QED) is 0.257. The zero-order valence-electron chi connectivity index (χ0n) is 19.2. The van der Waals surface area contributed by atoms with Gasteiger partial charge in [0.25, 0.3) is 11.7 Å². The van der Waals surface area contributed by atoms with Gasteiger partial charge in [0.1, 0.15) is 23.0 Å². The fourth-order valence-electron chi connectivity index (χ4n) is 4.07. The molecule has 8 heteroatoms. The topological polar surface area (TPSA) is 96.3 Å². The third kappa shape index (κ3) is 4.68. The number of phenolic OH excluding ortho intramolecular Hbond substituents is 1. The van der Waals surface area contributed by atoms with E-state index in [1.807, 2.05) is 6.92 Å².